The van der Waals surface area contributed by atoms with Crippen LogP contribution in [0.3, 0.4) is 0 Å². The zero-order valence-corrected chi connectivity index (χ0v) is 17.5. The molecule has 5 rings (SSSR count). The molecular formula is C22H31ClN2O4. The highest BCUT2D eigenvalue weighted by molar-refractivity contribution is 5.54. The molecule has 4 atom stereocenters. The number of hydrogen-bond donors (Lipinski definition) is 1. The Bertz CT molecular complexity index is 703. The molecule has 0 amide bonds. The molecule has 29 heavy (non-hydrogen) atoms. The van der Waals surface area contributed by atoms with Crippen LogP contribution in [-0.4, -0.2) is 52.7 Å². The molecule has 0 spiro atoms. The van der Waals surface area contributed by atoms with Crippen molar-refractivity contribution in [1.82, 2.24) is 9.80 Å². The van der Waals surface area contributed by atoms with Gasteiger partial charge in [0.2, 0.25) is 0 Å². The van der Waals surface area contributed by atoms with Gasteiger partial charge in [0.1, 0.15) is 0 Å². The lowest BCUT2D eigenvalue weighted by atomic mass is 9.69. The van der Waals surface area contributed by atoms with Gasteiger partial charge in [0, 0.05) is 25.2 Å². The van der Waals surface area contributed by atoms with Crippen LogP contribution >= 0.6 is 0 Å². The van der Waals surface area contributed by atoms with Gasteiger partial charge < -0.3 is 0 Å². The van der Waals surface area contributed by atoms with E-state index in [1.807, 2.05) is 0 Å². The summed E-state index contributed by atoms with van der Waals surface area (Å²) in [5.74, 6) is 1.81. The molecule has 1 aromatic carbocycles. The van der Waals surface area contributed by atoms with Gasteiger partial charge in [0.25, 0.3) is 0 Å². The van der Waals surface area contributed by atoms with Gasteiger partial charge in [-0.05, 0) is 62.6 Å². The maximum Gasteiger partial charge on any atom is 0.0777 e. The first-order valence-corrected chi connectivity index (χ1v) is 12.0. The van der Waals surface area contributed by atoms with Crippen molar-refractivity contribution in [2.75, 3.05) is 26.2 Å². The van der Waals surface area contributed by atoms with Crippen molar-refractivity contribution in [3.05, 3.63) is 41.5 Å². The Labute approximate surface area is 175 Å². The number of rotatable bonds is 1. The van der Waals surface area contributed by atoms with Crippen LogP contribution in [0.5, 0.6) is 0 Å². The summed E-state index contributed by atoms with van der Waals surface area (Å²) in [6, 6.07) is 12.6. The number of nitrogens with zero attached hydrogens (tertiary/aromatic N) is 2. The van der Waals surface area contributed by atoms with Crippen LogP contribution < -0.4 is 14.0 Å². The third-order valence-corrected chi connectivity index (χ3v) is 7.03. The molecule has 2 bridgehead atoms. The second-order valence-corrected chi connectivity index (χ2v) is 9.68. The summed E-state index contributed by atoms with van der Waals surface area (Å²) in [5, 5.41) is 0. The SMILES string of the molecule is C(=C1CCCN2CC3CC(CN4CCCCC34)C12)c1ccccc1.[O-][Cl+3]([O-])([O-])O. The monoisotopic (exact) mass is 422 g/mol. The van der Waals surface area contributed by atoms with E-state index in [0.29, 0.717) is 0 Å². The average Bonchev–Trinajstić information content (AvgIpc) is 2.68. The van der Waals surface area contributed by atoms with E-state index in [9.17, 15) is 0 Å². The Balaban J connectivity index is 0.000000369. The highest BCUT2D eigenvalue weighted by atomic mass is 35.7. The fourth-order valence-corrected chi connectivity index (χ4v) is 6.16. The zero-order chi connectivity index (χ0) is 20.4. The first-order valence-electron chi connectivity index (χ1n) is 10.8. The van der Waals surface area contributed by atoms with E-state index in [1.54, 1.807) is 5.57 Å². The normalized spacial score (nSPS) is 34.0. The Morgan fingerprint density at radius 1 is 0.931 bits per heavy atom. The van der Waals surface area contributed by atoms with Crippen LogP contribution in [0.2, 0.25) is 0 Å². The highest BCUT2D eigenvalue weighted by Gasteiger charge is 2.47. The molecule has 7 heteroatoms. The van der Waals surface area contributed by atoms with Crippen LogP contribution in [-0.2, 0) is 0 Å². The van der Waals surface area contributed by atoms with Crippen LogP contribution in [0, 0.1) is 22.1 Å². The van der Waals surface area contributed by atoms with Crippen LogP contribution in [0.4, 0.5) is 0 Å². The van der Waals surface area contributed by atoms with Crippen molar-refractivity contribution >= 4 is 6.08 Å². The van der Waals surface area contributed by atoms with E-state index >= 15 is 0 Å². The topological polar surface area (TPSA) is 95.9 Å². The van der Waals surface area contributed by atoms with Gasteiger partial charge in [-0.3, -0.25) is 9.80 Å². The maximum absolute atomic E-state index is 8.60. The summed E-state index contributed by atoms with van der Waals surface area (Å²) in [4.78, 5) is 5.73. The minimum atomic E-state index is -4.69. The van der Waals surface area contributed by atoms with Crippen LogP contribution in [0.25, 0.3) is 6.08 Å². The number of halogens is 1. The molecule has 4 fully saturated rings. The van der Waals surface area contributed by atoms with Crippen molar-refractivity contribution in [2.45, 2.75) is 50.6 Å². The number of fused-ring (bicyclic) bond motifs is 6. The fourth-order valence-electron chi connectivity index (χ4n) is 6.16. The molecule has 4 heterocycles. The predicted molar refractivity (Wildman–Crippen MR) is 102 cm³/mol. The highest BCUT2D eigenvalue weighted by Crippen LogP contribution is 2.44. The van der Waals surface area contributed by atoms with Gasteiger partial charge in [0.15, 0.2) is 0 Å². The molecule has 160 valence electrons. The van der Waals surface area contributed by atoms with Crippen molar-refractivity contribution < 1.29 is 28.9 Å². The fraction of sp³-hybridized carbons (Fsp3) is 0.636. The van der Waals surface area contributed by atoms with E-state index in [-0.39, 0.29) is 0 Å². The lowest BCUT2D eigenvalue weighted by molar-refractivity contribution is -1.92. The first-order chi connectivity index (χ1) is 13.9. The van der Waals surface area contributed by atoms with Crippen LogP contribution in [0.15, 0.2) is 35.9 Å². The largest absolute Gasteiger partial charge is 0.300 e. The van der Waals surface area contributed by atoms with E-state index < -0.39 is 10.2 Å². The third kappa shape index (κ3) is 5.39. The molecule has 0 radical (unpaired) electrons. The van der Waals surface area contributed by atoms with Crippen LogP contribution in [0.1, 0.15) is 44.1 Å². The molecule has 1 N–H and O–H groups in total. The smallest absolute Gasteiger partial charge is 0.0777 e. The molecule has 0 saturated carbocycles. The van der Waals surface area contributed by atoms with Crippen molar-refractivity contribution in [1.29, 1.82) is 0 Å². The quantitative estimate of drug-likeness (QED) is 0.679. The van der Waals surface area contributed by atoms with E-state index in [1.165, 1.54) is 70.3 Å². The minimum absolute atomic E-state index is 0.720. The molecule has 4 saturated heterocycles. The molecule has 0 aromatic heterocycles. The third-order valence-electron chi connectivity index (χ3n) is 7.03. The Morgan fingerprint density at radius 2 is 1.62 bits per heavy atom. The maximum atomic E-state index is 8.60. The first kappa shape index (κ1) is 21.2. The molecule has 4 aliphatic rings. The standard InChI is InChI=1S/C22H30N2.ClHO4/c1-2-7-17(8-3-1)13-18-9-6-12-24-15-19-14-20(22(18)24)16-23-11-5-4-10-21(19)23;2-1(3,4)5/h1-3,7-8,13,19-22H,4-6,9-12,14-16H2;(H,2,3,4,5). The zero-order valence-electron chi connectivity index (χ0n) is 16.8. The Morgan fingerprint density at radius 3 is 2.38 bits per heavy atom. The van der Waals surface area contributed by atoms with Crippen molar-refractivity contribution in [3.63, 3.8) is 0 Å². The molecular weight excluding hydrogens is 392 g/mol. The van der Waals surface area contributed by atoms with E-state index in [0.717, 1.165) is 23.9 Å². The van der Waals surface area contributed by atoms with E-state index in [2.05, 4.69) is 46.2 Å². The summed E-state index contributed by atoms with van der Waals surface area (Å²) >= 11 is 0. The predicted octanol–water partition coefficient (Wildman–Crippen LogP) is -0.0854. The van der Waals surface area contributed by atoms with Gasteiger partial charge >= 0.3 is 0 Å². The lowest BCUT2D eigenvalue weighted by Gasteiger charge is -2.57. The Kier molecular flexibility index (Phi) is 6.61. The van der Waals surface area contributed by atoms with E-state index in [4.69, 9.17) is 18.6 Å². The average molecular weight is 423 g/mol. The molecule has 6 nitrogen and oxygen atoms in total. The van der Waals surface area contributed by atoms with Crippen molar-refractivity contribution in [3.8, 4) is 0 Å². The van der Waals surface area contributed by atoms with Gasteiger partial charge in [-0.1, -0.05) is 48.4 Å². The van der Waals surface area contributed by atoms with Gasteiger partial charge in [-0.2, -0.15) is 14.0 Å². The van der Waals surface area contributed by atoms with Crippen molar-refractivity contribution in [2.24, 2.45) is 11.8 Å². The Hall–Kier alpha value is -0.990. The number of hydrogen-bond acceptors (Lipinski definition) is 6. The summed E-state index contributed by atoms with van der Waals surface area (Å²) < 4.78 is 32.7. The number of benzene rings is 1. The summed E-state index contributed by atoms with van der Waals surface area (Å²) in [5.41, 5.74) is 3.11. The lowest BCUT2D eigenvalue weighted by Crippen LogP contribution is -2.63. The summed E-state index contributed by atoms with van der Waals surface area (Å²) in [7, 11) is -4.69. The second kappa shape index (κ2) is 9.02. The molecule has 0 aliphatic carbocycles. The molecule has 4 unspecified atom stereocenters. The molecule has 4 aliphatic heterocycles. The number of piperidine rings is 4. The minimum Gasteiger partial charge on any atom is -0.300 e. The van der Waals surface area contributed by atoms with Gasteiger partial charge in [0.05, 0.1) is 14.9 Å². The second-order valence-electron chi connectivity index (χ2n) is 8.88. The summed E-state index contributed by atoms with van der Waals surface area (Å²) in [6.45, 7) is 5.40. The van der Waals surface area contributed by atoms with Gasteiger partial charge in [-0.25, -0.2) is 0 Å². The summed E-state index contributed by atoms with van der Waals surface area (Å²) in [6.07, 6.45) is 11.0. The van der Waals surface area contributed by atoms with Gasteiger partial charge in [-0.15, -0.1) is 0 Å². The molecule has 1 aromatic rings.